The molecule has 0 radical (unpaired) electrons. The highest BCUT2D eigenvalue weighted by atomic mass is 16.5. The molecule has 3 aromatic carbocycles. The van der Waals surface area contributed by atoms with E-state index in [4.69, 9.17) is 10.6 Å². The van der Waals surface area contributed by atoms with Crippen LogP contribution in [0.15, 0.2) is 78.9 Å². The number of amides is 2. The second kappa shape index (κ2) is 8.16. The summed E-state index contributed by atoms with van der Waals surface area (Å²) >= 11 is 0. The molecule has 0 saturated heterocycles. The first-order valence-corrected chi connectivity index (χ1v) is 8.26. The third kappa shape index (κ3) is 4.71. The topological polar surface area (TPSA) is 92.9 Å². The molecule has 27 heavy (non-hydrogen) atoms. The number of carbonyl (C=O) groups excluding carboxylic acids is 2. The number of hydrazine groups is 1. The van der Waals surface area contributed by atoms with Gasteiger partial charge in [-0.2, -0.15) is 0 Å². The van der Waals surface area contributed by atoms with Crippen LogP contribution in [-0.4, -0.2) is 21.9 Å². The highest BCUT2D eigenvalue weighted by molar-refractivity contribution is 6.04. The highest BCUT2D eigenvalue weighted by Gasteiger charge is 2.19. The van der Waals surface area contributed by atoms with Crippen molar-refractivity contribution in [2.45, 2.75) is 6.42 Å². The number of ether oxygens (including phenoxy) is 1. The van der Waals surface area contributed by atoms with Gasteiger partial charge < -0.3 is 9.84 Å². The van der Waals surface area contributed by atoms with Crippen molar-refractivity contribution in [3.63, 3.8) is 0 Å². The van der Waals surface area contributed by atoms with Crippen LogP contribution in [0.3, 0.4) is 0 Å². The summed E-state index contributed by atoms with van der Waals surface area (Å²) in [6.07, 6.45) is -0.0219. The van der Waals surface area contributed by atoms with Crippen LogP contribution in [0.4, 0.5) is 0 Å². The minimum Gasteiger partial charge on any atom is -0.508 e. The molecule has 0 fully saturated rings. The molecular weight excluding hydrogens is 344 g/mol. The number of phenols is 1. The summed E-state index contributed by atoms with van der Waals surface area (Å²) in [5, 5.41) is 9.85. The minimum atomic E-state index is -0.635. The third-order valence-corrected chi connectivity index (χ3v) is 3.86. The number of hydrogen-bond acceptors (Lipinski definition) is 5. The fraction of sp³-hybridized carbons (Fsp3) is 0.0476. The maximum Gasteiger partial charge on any atom is 0.274 e. The fourth-order valence-corrected chi connectivity index (χ4v) is 2.42. The second-order valence-electron chi connectivity index (χ2n) is 5.85. The van der Waals surface area contributed by atoms with Crippen LogP contribution >= 0.6 is 0 Å². The summed E-state index contributed by atoms with van der Waals surface area (Å²) in [6.45, 7) is 0. The van der Waals surface area contributed by atoms with Crippen molar-refractivity contribution in [2.75, 3.05) is 0 Å². The predicted molar refractivity (Wildman–Crippen MR) is 100 cm³/mol. The molecular formula is C21H18N2O4. The summed E-state index contributed by atoms with van der Waals surface area (Å²) in [4.78, 5) is 24.5. The van der Waals surface area contributed by atoms with Gasteiger partial charge in [-0.1, -0.05) is 30.3 Å². The Kier molecular flexibility index (Phi) is 5.49. The van der Waals surface area contributed by atoms with Crippen molar-refractivity contribution in [1.82, 2.24) is 5.01 Å². The van der Waals surface area contributed by atoms with Gasteiger partial charge in [0.1, 0.15) is 17.2 Å². The average Bonchev–Trinajstić information content (AvgIpc) is 2.69. The first-order valence-electron chi connectivity index (χ1n) is 8.26. The molecule has 0 aliphatic heterocycles. The Morgan fingerprint density at radius 3 is 2.07 bits per heavy atom. The maximum atomic E-state index is 12.3. The second-order valence-corrected chi connectivity index (χ2v) is 5.85. The Morgan fingerprint density at radius 1 is 0.852 bits per heavy atom. The number of rotatable bonds is 5. The van der Waals surface area contributed by atoms with Crippen LogP contribution in [0.25, 0.3) is 0 Å². The van der Waals surface area contributed by atoms with E-state index in [-0.39, 0.29) is 17.7 Å². The van der Waals surface area contributed by atoms with Crippen molar-refractivity contribution >= 4 is 11.8 Å². The van der Waals surface area contributed by atoms with Crippen molar-refractivity contribution in [3.05, 3.63) is 90.0 Å². The Hall–Kier alpha value is -3.64. The molecule has 6 nitrogen and oxygen atoms in total. The van der Waals surface area contributed by atoms with Crippen LogP contribution in [0.5, 0.6) is 17.2 Å². The zero-order valence-corrected chi connectivity index (χ0v) is 14.4. The fourth-order valence-electron chi connectivity index (χ4n) is 2.42. The molecule has 0 spiro atoms. The van der Waals surface area contributed by atoms with Gasteiger partial charge in [0.2, 0.25) is 5.91 Å². The minimum absolute atomic E-state index is 0.0219. The first-order chi connectivity index (χ1) is 13.0. The molecule has 0 bridgehead atoms. The van der Waals surface area contributed by atoms with E-state index in [0.717, 1.165) is 0 Å². The number of nitrogens with two attached hydrogens (primary N) is 1. The van der Waals surface area contributed by atoms with Gasteiger partial charge in [0.05, 0.1) is 6.42 Å². The number of benzene rings is 3. The van der Waals surface area contributed by atoms with Crippen molar-refractivity contribution in [2.24, 2.45) is 5.84 Å². The maximum absolute atomic E-state index is 12.3. The van der Waals surface area contributed by atoms with Gasteiger partial charge >= 0.3 is 0 Å². The van der Waals surface area contributed by atoms with E-state index in [2.05, 4.69) is 0 Å². The van der Waals surface area contributed by atoms with E-state index >= 15 is 0 Å². The van der Waals surface area contributed by atoms with E-state index in [1.807, 2.05) is 30.3 Å². The molecule has 2 amide bonds. The van der Waals surface area contributed by atoms with Crippen LogP contribution < -0.4 is 10.6 Å². The summed E-state index contributed by atoms with van der Waals surface area (Å²) in [6, 6.07) is 21.9. The van der Waals surface area contributed by atoms with Gasteiger partial charge in [-0.15, -0.1) is 0 Å². The largest absolute Gasteiger partial charge is 0.508 e. The zero-order valence-electron chi connectivity index (χ0n) is 14.4. The molecule has 3 aromatic rings. The molecule has 0 heterocycles. The molecule has 6 heteroatoms. The zero-order chi connectivity index (χ0) is 19.2. The molecule has 0 aromatic heterocycles. The van der Waals surface area contributed by atoms with Crippen LogP contribution in [0.1, 0.15) is 15.9 Å². The third-order valence-electron chi connectivity index (χ3n) is 3.86. The van der Waals surface area contributed by atoms with Gasteiger partial charge in [-0.05, 0) is 54.1 Å². The van der Waals surface area contributed by atoms with Crippen molar-refractivity contribution in [3.8, 4) is 17.2 Å². The van der Waals surface area contributed by atoms with E-state index in [0.29, 0.717) is 22.1 Å². The summed E-state index contributed by atoms with van der Waals surface area (Å²) in [5.74, 6) is 5.87. The first kappa shape index (κ1) is 18.2. The van der Waals surface area contributed by atoms with Crippen molar-refractivity contribution < 1.29 is 19.4 Å². The van der Waals surface area contributed by atoms with Gasteiger partial charge in [-0.3, -0.25) is 9.59 Å². The summed E-state index contributed by atoms with van der Waals surface area (Å²) < 4.78 is 5.70. The molecule has 3 N–H and O–H groups in total. The average molecular weight is 362 g/mol. The number of hydrogen-bond donors (Lipinski definition) is 2. The number of aromatic hydroxyl groups is 1. The predicted octanol–water partition coefficient (Wildman–Crippen LogP) is 3.27. The SMILES string of the molecule is NN(C(=O)Cc1ccc(Oc2ccccc2)cc1)C(=O)c1ccc(O)cc1. The van der Waals surface area contributed by atoms with Crippen LogP contribution in [-0.2, 0) is 11.2 Å². The van der Waals surface area contributed by atoms with Gasteiger partial charge in [0, 0.05) is 5.56 Å². The molecule has 0 unspecified atom stereocenters. The Bertz CT molecular complexity index is 923. The van der Waals surface area contributed by atoms with Crippen LogP contribution in [0, 0.1) is 0 Å². The van der Waals surface area contributed by atoms with E-state index in [1.165, 1.54) is 24.3 Å². The Labute approximate surface area is 156 Å². The van der Waals surface area contributed by atoms with Gasteiger partial charge in [0.15, 0.2) is 0 Å². The molecule has 0 saturated carbocycles. The quantitative estimate of drug-likeness (QED) is 0.413. The number of nitrogens with zero attached hydrogens (tertiary/aromatic N) is 1. The molecule has 0 atom stereocenters. The molecule has 0 aliphatic carbocycles. The number of phenolic OH excluding ortho intramolecular Hbond substituents is 1. The van der Waals surface area contributed by atoms with Gasteiger partial charge in [0.25, 0.3) is 5.91 Å². The van der Waals surface area contributed by atoms with E-state index in [1.54, 1.807) is 24.3 Å². The number of imide groups is 1. The molecule has 0 aliphatic rings. The number of para-hydroxylation sites is 1. The lowest BCUT2D eigenvalue weighted by atomic mass is 10.1. The monoisotopic (exact) mass is 362 g/mol. The van der Waals surface area contributed by atoms with E-state index < -0.39 is 11.8 Å². The smallest absolute Gasteiger partial charge is 0.274 e. The standard InChI is InChI=1S/C21H18N2O4/c22-23(21(26)16-8-10-17(24)11-9-16)20(25)14-15-6-12-19(13-7-15)27-18-4-2-1-3-5-18/h1-13,24H,14,22H2. The molecule has 3 rings (SSSR count). The highest BCUT2D eigenvalue weighted by Crippen LogP contribution is 2.21. The van der Waals surface area contributed by atoms with E-state index in [9.17, 15) is 14.7 Å². The normalized spacial score (nSPS) is 10.3. The molecule has 136 valence electrons. The Balaban J connectivity index is 1.61. The Morgan fingerprint density at radius 2 is 1.44 bits per heavy atom. The van der Waals surface area contributed by atoms with Gasteiger partial charge in [-0.25, -0.2) is 10.9 Å². The lowest BCUT2D eigenvalue weighted by molar-refractivity contribution is -0.128. The van der Waals surface area contributed by atoms with Crippen molar-refractivity contribution in [1.29, 1.82) is 0 Å². The summed E-state index contributed by atoms with van der Waals surface area (Å²) in [5.41, 5.74) is 0.921. The lowest BCUT2D eigenvalue weighted by Crippen LogP contribution is -2.43. The van der Waals surface area contributed by atoms with Crippen LogP contribution in [0.2, 0.25) is 0 Å². The number of carbonyl (C=O) groups is 2. The summed E-state index contributed by atoms with van der Waals surface area (Å²) in [7, 11) is 0. The lowest BCUT2D eigenvalue weighted by Gasteiger charge is -2.15.